The molecule has 264 valence electrons. The summed E-state index contributed by atoms with van der Waals surface area (Å²) in [6.45, 7) is 13.8. The summed E-state index contributed by atoms with van der Waals surface area (Å²) in [7, 11) is 18.9. The summed E-state index contributed by atoms with van der Waals surface area (Å²) in [6.07, 6.45) is 8.83. The van der Waals surface area contributed by atoms with Crippen molar-refractivity contribution in [1.82, 2.24) is 0 Å². The number of allylic oxidation sites excluding steroid dienone is 4. The first-order valence-corrected chi connectivity index (χ1v) is 33.2. The van der Waals surface area contributed by atoms with Gasteiger partial charge in [0.05, 0.1) is 0 Å². The summed E-state index contributed by atoms with van der Waals surface area (Å²) >= 11 is -6.96. The third-order valence-electron chi connectivity index (χ3n) is 13.0. The van der Waals surface area contributed by atoms with Crippen LogP contribution in [0.4, 0.5) is 0 Å². The van der Waals surface area contributed by atoms with E-state index in [1.54, 1.807) is 0 Å². The number of hydrogen-bond donors (Lipinski definition) is 0. The first kappa shape index (κ1) is 35.7. The predicted molar refractivity (Wildman–Crippen MR) is 227 cm³/mol. The molecule has 0 N–H and O–H groups in total. The molecule has 0 atom stereocenters. The van der Waals surface area contributed by atoms with Gasteiger partial charge in [0.1, 0.15) is 0 Å². The van der Waals surface area contributed by atoms with Crippen LogP contribution in [0.15, 0.2) is 146 Å². The second-order valence-corrected chi connectivity index (χ2v) is 58.7. The van der Waals surface area contributed by atoms with E-state index in [0.717, 1.165) is 11.1 Å². The molecule has 0 heterocycles. The third kappa shape index (κ3) is 5.28. The fourth-order valence-electron chi connectivity index (χ4n) is 10.2. The molecular formula is C49H50Cl2Zr. The van der Waals surface area contributed by atoms with E-state index in [4.69, 9.17) is 4.21 Å². The van der Waals surface area contributed by atoms with Crippen LogP contribution in [0, 0.1) is 0 Å². The van der Waals surface area contributed by atoms with Gasteiger partial charge >= 0.3 is 314 Å². The molecule has 0 nitrogen and oxygen atoms in total. The van der Waals surface area contributed by atoms with Gasteiger partial charge in [-0.15, -0.1) is 0 Å². The van der Waals surface area contributed by atoms with Crippen molar-refractivity contribution in [3.63, 3.8) is 0 Å². The summed E-state index contributed by atoms with van der Waals surface area (Å²) in [6, 6.07) is 44.7. The molecule has 0 aliphatic heterocycles. The van der Waals surface area contributed by atoms with E-state index in [0.29, 0.717) is 8.26 Å². The third-order valence-corrected chi connectivity index (χ3v) is 42.4. The molecule has 3 heteroatoms. The van der Waals surface area contributed by atoms with Gasteiger partial charge in [-0.1, -0.05) is 0 Å². The molecule has 2 aliphatic carbocycles. The van der Waals surface area contributed by atoms with Crippen LogP contribution in [-0.4, -0.2) is 4.21 Å². The molecule has 6 aromatic carbocycles. The maximum atomic E-state index is 9.45. The van der Waals surface area contributed by atoms with E-state index in [9.17, 15) is 17.0 Å². The Morgan fingerprint density at radius 2 is 0.942 bits per heavy atom. The molecule has 0 amide bonds. The topological polar surface area (TPSA) is 0 Å². The van der Waals surface area contributed by atoms with Crippen LogP contribution < -0.4 is 0 Å². The van der Waals surface area contributed by atoms with E-state index < -0.39 is 12.9 Å². The van der Waals surface area contributed by atoms with Crippen LogP contribution in [-0.2, 0) is 32.0 Å². The standard InChI is InChI=1S/C21H25.2C11H9.C5H5.CH2.2ClH.Zr/c1-20(2,3)16-9-7-14-11-15-8-10-17(21(4,5)6)13-19(15)18(14)12-16;2*1-9-5-4-7-10-6-2-3-8-11(9)10;1-2-4-5-3-1;;;;/h7-13H,1-6H3;2*2-8H,1H2;1-5H;1H2;2*1H;/q;;;;;;;+2/p-2. The summed E-state index contributed by atoms with van der Waals surface area (Å²) in [5.74, 6) is 0. The molecule has 0 bridgehead atoms. The Kier molecular flexibility index (Phi) is 7.46. The van der Waals surface area contributed by atoms with Crippen LogP contribution in [0.25, 0.3) is 32.7 Å². The van der Waals surface area contributed by atoms with Crippen LogP contribution >= 0.6 is 17.0 Å². The zero-order valence-corrected chi connectivity index (χ0v) is 35.4. The van der Waals surface area contributed by atoms with Gasteiger partial charge < -0.3 is 0 Å². The van der Waals surface area contributed by atoms with Crippen molar-refractivity contribution in [2.75, 3.05) is 0 Å². The Labute approximate surface area is 311 Å². The minimum absolute atomic E-state index is 0.0317. The number of halogens is 2. The average Bonchev–Trinajstić information content (AvgIpc) is 3.77. The van der Waals surface area contributed by atoms with Crippen molar-refractivity contribution in [1.29, 1.82) is 0 Å². The molecule has 0 fully saturated rings. The zero-order valence-electron chi connectivity index (χ0n) is 31.4. The fourth-order valence-corrected chi connectivity index (χ4v) is 39.6. The Balaban J connectivity index is 1.56. The van der Waals surface area contributed by atoms with Gasteiger partial charge in [-0.05, 0) is 0 Å². The van der Waals surface area contributed by atoms with Crippen LogP contribution in [0.3, 0.4) is 0 Å². The van der Waals surface area contributed by atoms with Gasteiger partial charge in [0.15, 0.2) is 0 Å². The van der Waals surface area contributed by atoms with Gasteiger partial charge in [-0.25, -0.2) is 0 Å². The van der Waals surface area contributed by atoms with E-state index in [2.05, 4.69) is 187 Å². The molecule has 0 spiro atoms. The van der Waals surface area contributed by atoms with E-state index in [-0.39, 0.29) is 18.1 Å². The van der Waals surface area contributed by atoms with Crippen molar-refractivity contribution in [2.24, 2.45) is 0 Å². The molecule has 0 radical (unpaired) electrons. The summed E-state index contributed by atoms with van der Waals surface area (Å²) in [4.78, 5) is 0. The monoisotopic (exact) mass is 798 g/mol. The van der Waals surface area contributed by atoms with Gasteiger partial charge in [-0.2, -0.15) is 0 Å². The summed E-state index contributed by atoms with van der Waals surface area (Å²) in [5, 5.41) is 4.72. The second kappa shape index (κ2) is 10.9. The van der Waals surface area contributed by atoms with Gasteiger partial charge in [0.25, 0.3) is 0 Å². The first-order chi connectivity index (χ1) is 24.3. The van der Waals surface area contributed by atoms with Gasteiger partial charge in [0, 0.05) is 0 Å². The van der Waals surface area contributed by atoms with Gasteiger partial charge in [0.2, 0.25) is 0 Å². The maximum absolute atomic E-state index is 9.45. The Morgan fingerprint density at radius 3 is 1.37 bits per heavy atom. The van der Waals surface area contributed by atoms with Crippen molar-refractivity contribution in [2.45, 2.75) is 67.9 Å². The number of benzene rings is 6. The summed E-state index contributed by atoms with van der Waals surface area (Å²) in [5.41, 5.74) is 9.71. The predicted octanol–water partition coefficient (Wildman–Crippen LogP) is 14.5. The molecule has 0 aromatic heterocycles. The minimum atomic E-state index is -6.96. The quantitative estimate of drug-likeness (QED) is 0.157. The van der Waals surface area contributed by atoms with E-state index in [1.807, 2.05) is 0 Å². The molecule has 0 saturated heterocycles. The number of rotatable bonds is 6. The molecular weight excluding hydrogens is 751 g/mol. The van der Waals surface area contributed by atoms with Gasteiger partial charge in [-0.3, -0.25) is 0 Å². The molecule has 0 unspecified atom stereocenters. The second-order valence-electron chi connectivity index (χ2n) is 18.9. The summed E-state index contributed by atoms with van der Waals surface area (Å²) < 4.78 is 6.00. The van der Waals surface area contributed by atoms with Crippen molar-refractivity contribution < 1.29 is 12.9 Å². The molecule has 2 aliphatic rings. The first-order valence-electron chi connectivity index (χ1n) is 18.8. The van der Waals surface area contributed by atoms with Crippen LogP contribution in [0.1, 0.15) is 78.5 Å². The van der Waals surface area contributed by atoms with Crippen molar-refractivity contribution >= 4 is 42.8 Å². The van der Waals surface area contributed by atoms with Crippen LogP contribution in [0.5, 0.6) is 0 Å². The zero-order chi connectivity index (χ0) is 36.8. The molecule has 8 rings (SSSR count). The van der Waals surface area contributed by atoms with Crippen molar-refractivity contribution in [3.8, 4) is 11.1 Å². The molecule has 52 heavy (non-hydrogen) atoms. The fraction of sp³-hybridized carbons (Fsp3) is 0.245. The van der Waals surface area contributed by atoms with Crippen molar-refractivity contribution in [3.05, 3.63) is 179 Å². The van der Waals surface area contributed by atoms with E-state index in [1.165, 1.54) is 54.9 Å². The molecule has 6 aromatic rings. The van der Waals surface area contributed by atoms with E-state index >= 15 is 0 Å². The Bertz CT molecular complexity index is 2470. The Hall–Kier alpha value is -3.35. The SMILES string of the molecule is [CH2]=[Zr]([Cl])([Cl])([CH2]c1cccc2ccccc12)([CH2]c1cccc2ccccc12)([CH]1C=CC=C1)[CH]1c2ccc(C(C)(C)C)cc2-c2cc(C(C)(C)C)ccc21. The number of fused-ring (bicyclic) bond motifs is 5. The average molecular weight is 801 g/mol. The molecule has 0 saturated carbocycles. The normalized spacial score (nSPS) is 17.1. The number of hydrogen-bond acceptors (Lipinski definition) is 0. The Morgan fingerprint density at radius 1 is 0.538 bits per heavy atom. The van der Waals surface area contributed by atoms with Crippen LogP contribution in [0.2, 0.25) is 3.63 Å².